The smallest absolute Gasteiger partial charge is 0.269 e. The number of allylic oxidation sites excluding steroid dienone is 1. The highest BCUT2D eigenvalue weighted by Crippen LogP contribution is 2.38. The summed E-state index contributed by atoms with van der Waals surface area (Å²) in [5.74, 6) is -0.431. The normalized spacial score (nSPS) is 20.3. The lowest BCUT2D eigenvalue weighted by Gasteiger charge is -2.42. The lowest BCUT2D eigenvalue weighted by atomic mass is 9.82. The van der Waals surface area contributed by atoms with E-state index >= 15 is 0 Å². The van der Waals surface area contributed by atoms with Gasteiger partial charge in [0.2, 0.25) is 12.8 Å². The number of rotatable bonds is 15. The average molecular weight is 592 g/mol. The van der Waals surface area contributed by atoms with Crippen LogP contribution in [0, 0.1) is 10.1 Å². The molecule has 2 unspecified atom stereocenters. The van der Waals surface area contributed by atoms with Gasteiger partial charge >= 0.3 is 0 Å². The summed E-state index contributed by atoms with van der Waals surface area (Å²) >= 11 is 0. The van der Waals surface area contributed by atoms with Crippen LogP contribution < -0.4 is 5.32 Å². The standard InChI is InChI=1S/C32H41N5O6/c1-24-30(33-22-38)29(26-10-12-28(13-11-26)37(40)41)31(25(2)34-24)36(23-39)17-7-16-35-18-14-32(15-19-35,43-21-20-42-3)27-8-5-4-6-9-27/h4-6,8-13,22-23,29-30H,7,14-21H2,1-3H3,(H,33,38). The van der Waals surface area contributed by atoms with E-state index in [-0.39, 0.29) is 11.3 Å². The predicted octanol–water partition coefficient (Wildman–Crippen LogP) is 4.00. The summed E-state index contributed by atoms with van der Waals surface area (Å²) < 4.78 is 11.6. The van der Waals surface area contributed by atoms with Crippen molar-refractivity contribution in [3.8, 4) is 0 Å². The van der Waals surface area contributed by atoms with Crippen LogP contribution in [-0.4, -0.2) is 85.8 Å². The molecule has 1 saturated heterocycles. The number of nitrogens with zero attached hydrogens (tertiary/aromatic N) is 4. The zero-order valence-corrected chi connectivity index (χ0v) is 25.1. The molecular weight excluding hydrogens is 550 g/mol. The van der Waals surface area contributed by atoms with Gasteiger partial charge in [-0.25, -0.2) is 0 Å². The van der Waals surface area contributed by atoms with E-state index in [4.69, 9.17) is 9.47 Å². The second-order valence-electron chi connectivity index (χ2n) is 11.0. The zero-order chi connectivity index (χ0) is 30.8. The summed E-state index contributed by atoms with van der Waals surface area (Å²) in [7, 11) is 1.68. The second-order valence-corrected chi connectivity index (χ2v) is 11.0. The van der Waals surface area contributed by atoms with Gasteiger partial charge in [-0.3, -0.25) is 24.7 Å². The molecule has 0 radical (unpaired) electrons. The minimum atomic E-state index is -0.494. The maximum atomic E-state index is 12.5. The Morgan fingerprint density at radius 3 is 2.40 bits per heavy atom. The zero-order valence-electron chi connectivity index (χ0n) is 25.1. The van der Waals surface area contributed by atoms with Crippen LogP contribution >= 0.6 is 0 Å². The van der Waals surface area contributed by atoms with Crippen LogP contribution in [0.15, 0.2) is 71.0 Å². The van der Waals surface area contributed by atoms with Gasteiger partial charge in [0.15, 0.2) is 0 Å². The van der Waals surface area contributed by atoms with Crippen molar-refractivity contribution in [2.24, 2.45) is 4.99 Å². The SMILES string of the molecule is COCCOC1(c2ccccc2)CCN(CCCN(C=O)C2=C(C)N=C(C)C(NC=O)C2c2ccc([N+](=O)[O-])cc2)CC1. The number of methoxy groups -OCH3 is 1. The third-order valence-corrected chi connectivity index (χ3v) is 8.44. The number of benzene rings is 2. The maximum absolute atomic E-state index is 12.5. The Hall–Kier alpha value is -3.93. The molecule has 0 aromatic heterocycles. The summed E-state index contributed by atoms with van der Waals surface area (Å²) in [6.45, 7) is 7.76. The van der Waals surface area contributed by atoms with E-state index in [0.717, 1.165) is 50.9 Å². The van der Waals surface area contributed by atoms with Crippen LogP contribution in [0.25, 0.3) is 0 Å². The number of nitrogens with one attached hydrogen (secondary N) is 1. The number of piperidine rings is 1. The molecule has 0 saturated carbocycles. The molecular formula is C32H41N5O6. The van der Waals surface area contributed by atoms with E-state index in [0.29, 0.717) is 43.3 Å². The van der Waals surface area contributed by atoms with Crippen molar-refractivity contribution in [3.05, 3.63) is 87.2 Å². The van der Waals surface area contributed by atoms with Crippen LogP contribution in [0.1, 0.15) is 50.2 Å². The van der Waals surface area contributed by atoms with E-state index in [2.05, 4.69) is 27.3 Å². The van der Waals surface area contributed by atoms with Gasteiger partial charge in [-0.2, -0.15) is 0 Å². The van der Waals surface area contributed by atoms with Gasteiger partial charge in [0, 0.05) is 44.6 Å². The fourth-order valence-electron chi connectivity index (χ4n) is 6.26. The molecule has 0 aliphatic carbocycles. The van der Waals surface area contributed by atoms with Gasteiger partial charge < -0.3 is 24.6 Å². The number of likely N-dealkylation sites (tertiary alicyclic amines) is 1. The van der Waals surface area contributed by atoms with Crippen LogP contribution in [0.5, 0.6) is 0 Å². The molecule has 43 heavy (non-hydrogen) atoms. The Bertz CT molecular complexity index is 1310. The Balaban J connectivity index is 1.45. The van der Waals surface area contributed by atoms with Crippen molar-refractivity contribution in [1.29, 1.82) is 0 Å². The average Bonchev–Trinajstić information content (AvgIpc) is 3.02. The van der Waals surface area contributed by atoms with Gasteiger partial charge in [0.1, 0.15) is 0 Å². The number of nitro benzene ring substituents is 1. The third-order valence-electron chi connectivity index (χ3n) is 8.44. The summed E-state index contributed by atoms with van der Waals surface area (Å²) in [6, 6.07) is 16.1. The first-order chi connectivity index (χ1) is 20.8. The van der Waals surface area contributed by atoms with E-state index in [1.165, 1.54) is 17.7 Å². The number of non-ortho nitro benzene ring substituents is 1. The molecule has 11 heteroatoms. The molecule has 0 spiro atoms. The molecule has 2 aliphatic rings. The molecule has 2 atom stereocenters. The van der Waals surface area contributed by atoms with Crippen molar-refractivity contribution in [3.63, 3.8) is 0 Å². The predicted molar refractivity (Wildman–Crippen MR) is 164 cm³/mol. The van der Waals surface area contributed by atoms with Crippen molar-refractivity contribution in [2.75, 3.05) is 46.5 Å². The lowest BCUT2D eigenvalue weighted by molar-refractivity contribution is -0.384. The highest BCUT2D eigenvalue weighted by Gasteiger charge is 2.38. The topological polar surface area (TPSA) is 127 Å². The highest BCUT2D eigenvalue weighted by atomic mass is 16.6. The van der Waals surface area contributed by atoms with Crippen molar-refractivity contribution < 1.29 is 24.0 Å². The van der Waals surface area contributed by atoms with Crippen LogP contribution in [0.4, 0.5) is 5.69 Å². The molecule has 2 heterocycles. The number of carbonyl (C=O) groups excluding carboxylic acids is 2. The number of aliphatic imine (C=N–C) groups is 1. The van der Waals surface area contributed by atoms with Crippen molar-refractivity contribution >= 4 is 24.2 Å². The monoisotopic (exact) mass is 591 g/mol. The Morgan fingerprint density at radius 1 is 1.09 bits per heavy atom. The van der Waals surface area contributed by atoms with Crippen LogP contribution in [-0.2, 0) is 24.7 Å². The Labute approximate surface area is 252 Å². The lowest BCUT2D eigenvalue weighted by Crippen LogP contribution is -2.47. The summed E-state index contributed by atoms with van der Waals surface area (Å²) in [5.41, 5.74) is 3.62. The van der Waals surface area contributed by atoms with E-state index in [1.54, 1.807) is 24.1 Å². The van der Waals surface area contributed by atoms with Gasteiger partial charge in [-0.05, 0) is 50.8 Å². The second kappa shape index (κ2) is 15.0. The van der Waals surface area contributed by atoms with E-state index in [1.807, 2.05) is 32.0 Å². The van der Waals surface area contributed by atoms with E-state index in [9.17, 15) is 19.7 Å². The largest absolute Gasteiger partial charge is 0.382 e. The van der Waals surface area contributed by atoms with Crippen molar-refractivity contribution in [2.45, 2.75) is 50.7 Å². The number of ether oxygens (including phenoxy) is 2. The Morgan fingerprint density at radius 2 is 1.79 bits per heavy atom. The molecule has 2 aromatic carbocycles. The molecule has 4 rings (SSSR count). The molecule has 2 aliphatic heterocycles. The highest BCUT2D eigenvalue weighted by molar-refractivity contribution is 5.92. The summed E-state index contributed by atoms with van der Waals surface area (Å²) in [6.07, 6.45) is 3.89. The van der Waals surface area contributed by atoms with Gasteiger partial charge in [0.05, 0.1) is 47.1 Å². The Kier molecular flexibility index (Phi) is 11.2. The summed E-state index contributed by atoms with van der Waals surface area (Å²) in [5, 5.41) is 14.1. The number of hydrogen-bond donors (Lipinski definition) is 1. The van der Waals surface area contributed by atoms with E-state index < -0.39 is 16.9 Å². The number of hydrogen-bond acceptors (Lipinski definition) is 8. The molecule has 2 aromatic rings. The molecule has 0 bridgehead atoms. The fourth-order valence-corrected chi connectivity index (χ4v) is 6.26. The minimum Gasteiger partial charge on any atom is -0.382 e. The molecule has 11 nitrogen and oxygen atoms in total. The maximum Gasteiger partial charge on any atom is 0.269 e. The van der Waals surface area contributed by atoms with Gasteiger partial charge in [0.25, 0.3) is 5.69 Å². The van der Waals surface area contributed by atoms with Crippen LogP contribution in [0.3, 0.4) is 0 Å². The number of amides is 2. The minimum absolute atomic E-state index is 0.0266. The molecule has 2 amide bonds. The van der Waals surface area contributed by atoms with Crippen LogP contribution in [0.2, 0.25) is 0 Å². The first-order valence-corrected chi connectivity index (χ1v) is 14.7. The van der Waals surface area contributed by atoms with Crippen molar-refractivity contribution in [1.82, 2.24) is 15.1 Å². The molecule has 230 valence electrons. The quantitative estimate of drug-likeness (QED) is 0.144. The number of nitro groups is 1. The molecule has 1 N–H and O–H groups in total. The fraction of sp³-hybridized carbons (Fsp3) is 0.469. The van der Waals surface area contributed by atoms with Gasteiger partial charge in [-0.15, -0.1) is 0 Å². The summed E-state index contributed by atoms with van der Waals surface area (Å²) in [4.78, 5) is 43.6. The first kappa shape index (κ1) is 32.0. The van der Waals surface area contributed by atoms with Gasteiger partial charge in [-0.1, -0.05) is 42.5 Å². The third kappa shape index (κ3) is 7.54. The molecule has 1 fully saturated rings. The number of carbonyl (C=O) groups is 2. The first-order valence-electron chi connectivity index (χ1n) is 14.7.